The van der Waals surface area contributed by atoms with Gasteiger partial charge in [0.05, 0.1) is 11.3 Å². The summed E-state index contributed by atoms with van der Waals surface area (Å²) in [6.45, 7) is 0. The summed E-state index contributed by atoms with van der Waals surface area (Å²) in [7, 11) is 0. The summed E-state index contributed by atoms with van der Waals surface area (Å²) in [4.78, 5) is 15.6. The van der Waals surface area contributed by atoms with Crippen molar-refractivity contribution >= 4 is 28.9 Å². The molecule has 1 heterocycles. The third-order valence-electron chi connectivity index (χ3n) is 2.25. The van der Waals surface area contributed by atoms with Crippen LogP contribution in [0.4, 0.5) is 15.8 Å². The highest BCUT2D eigenvalue weighted by Gasteiger charge is 2.13. The Labute approximate surface area is 108 Å². The van der Waals surface area contributed by atoms with Crippen molar-refractivity contribution in [3.8, 4) is 0 Å². The van der Waals surface area contributed by atoms with Crippen molar-refractivity contribution in [2.75, 3.05) is 11.1 Å². The average Bonchev–Trinajstić information content (AvgIpc) is 2.32. The van der Waals surface area contributed by atoms with Gasteiger partial charge in [0.1, 0.15) is 5.82 Å². The van der Waals surface area contributed by atoms with E-state index in [2.05, 4.69) is 10.3 Å². The van der Waals surface area contributed by atoms with Crippen molar-refractivity contribution in [3.05, 3.63) is 53.1 Å². The number of nitrogens with two attached hydrogens (primary N) is 1. The lowest BCUT2D eigenvalue weighted by Crippen LogP contribution is -2.14. The fourth-order valence-electron chi connectivity index (χ4n) is 1.38. The number of nitrogens with zero attached hydrogens (tertiary/aromatic N) is 1. The summed E-state index contributed by atoms with van der Waals surface area (Å²) in [6.07, 6.45) is 1.49. The van der Waals surface area contributed by atoms with E-state index in [0.29, 0.717) is 5.69 Å². The van der Waals surface area contributed by atoms with Gasteiger partial charge in [-0.05, 0) is 30.3 Å². The summed E-state index contributed by atoms with van der Waals surface area (Å²) < 4.78 is 13.5. The SMILES string of the molecule is Nc1ccc(C(=O)Nc2cccnc2Cl)c(F)c1. The first-order chi connectivity index (χ1) is 8.58. The van der Waals surface area contributed by atoms with Crippen LogP contribution < -0.4 is 11.1 Å². The van der Waals surface area contributed by atoms with Crippen LogP contribution in [0.5, 0.6) is 0 Å². The number of carbonyl (C=O) groups is 1. The highest BCUT2D eigenvalue weighted by Crippen LogP contribution is 2.19. The minimum Gasteiger partial charge on any atom is -0.399 e. The molecule has 0 aliphatic heterocycles. The molecule has 0 aliphatic carbocycles. The molecule has 0 unspecified atom stereocenters. The lowest BCUT2D eigenvalue weighted by atomic mass is 10.2. The van der Waals surface area contributed by atoms with Gasteiger partial charge in [-0.15, -0.1) is 0 Å². The van der Waals surface area contributed by atoms with Gasteiger partial charge in [0.15, 0.2) is 5.15 Å². The second-order valence-corrected chi connectivity index (χ2v) is 3.89. The van der Waals surface area contributed by atoms with Crippen molar-refractivity contribution in [3.63, 3.8) is 0 Å². The van der Waals surface area contributed by atoms with E-state index in [1.165, 1.54) is 18.3 Å². The van der Waals surface area contributed by atoms with Crippen molar-refractivity contribution in [2.45, 2.75) is 0 Å². The summed E-state index contributed by atoms with van der Waals surface area (Å²) in [6, 6.07) is 7.02. The number of hydrogen-bond acceptors (Lipinski definition) is 3. The lowest BCUT2D eigenvalue weighted by molar-refractivity contribution is 0.102. The number of aromatic nitrogens is 1. The molecule has 0 bridgehead atoms. The van der Waals surface area contributed by atoms with Crippen LogP contribution in [0.15, 0.2) is 36.5 Å². The monoisotopic (exact) mass is 265 g/mol. The minimum atomic E-state index is -0.687. The van der Waals surface area contributed by atoms with E-state index in [4.69, 9.17) is 17.3 Å². The number of anilines is 2. The molecule has 2 rings (SSSR count). The second-order valence-electron chi connectivity index (χ2n) is 3.54. The molecule has 2 aromatic rings. The predicted octanol–water partition coefficient (Wildman–Crippen LogP) is 2.71. The molecule has 0 fully saturated rings. The van der Waals surface area contributed by atoms with Crippen LogP contribution in [0, 0.1) is 5.82 Å². The fourth-order valence-corrected chi connectivity index (χ4v) is 1.55. The van der Waals surface area contributed by atoms with Crippen LogP contribution >= 0.6 is 11.6 Å². The van der Waals surface area contributed by atoms with E-state index in [0.717, 1.165) is 6.07 Å². The molecule has 1 aromatic heterocycles. The average molecular weight is 266 g/mol. The van der Waals surface area contributed by atoms with E-state index in [1.54, 1.807) is 12.1 Å². The van der Waals surface area contributed by atoms with Crippen molar-refractivity contribution in [1.29, 1.82) is 0 Å². The van der Waals surface area contributed by atoms with Crippen LogP contribution in [0.3, 0.4) is 0 Å². The summed E-state index contributed by atoms with van der Waals surface area (Å²) in [5.41, 5.74) is 5.87. The Balaban J connectivity index is 2.25. The first kappa shape index (κ1) is 12.3. The Kier molecular flexibility index (Phi) is 3.43. The van der Waals surface area contributed by atoms with Crippen LogP contribution in [-0.2, 0) is 0 Å². The van der Waals surface area contributed by atoms with Gasteiger partial charge in [0.25, 0.3) is 5.91 Å². The van der Waals surface area contributed by atoms with Crippen molar-refractivity contribution in [1.82, 2.24) is 4.98 Å². The summed E-state index contributed by atoms with van der Waals surface area (Å²) >= 11 is 5.78. The minimum absolute atomic E-state index is 0.107. The summed E-state index contributed by atoms with van der Waals surface area (Å²) in [5, 5.41) is 2.61. The molecule has 1 aromatic carbocycles. The van der Waals surface area contributed by atoms with E-state index >= 15 is 0 Å². The van der Waals surface area contributed by atoms with Gasteiger partial charge in [-0.2, -0.15) is 0 Å². The van der Waals surface area contributed by atoms with Crippen molar-refractivity contribution < 1.29 is 9.18 Å². The van der Waals surface area contributed by atoms with Gasteiger partial charge in [0.2, 0.25) is 0 Å². The van der Waals surface area contributed by atoms with Gasteiger partial charge in [-0.25, -0.2) is 9.37 Å². The Bertz CT molecular complexity index is 604. The highest BCUT2D eigenvalue weighted by atomic mass is 35.5. The molecule has 1 amide bonds. The molecule has 0 atom stereocenters. The third-order valence-corrected chi connectivity index (χ3v) is 2.55. The molecule has 0 aliphatic rings. The molecule has 0 radical (unpaired) electrons. The Morgan fingerprint density at radius 2 is 2.17 bits per heavy atom. The molecule has 0 saturated heterocycles. The molecule has 4 nitrogen and oxygen atoms in total. The van der Waals surface area contributed by atoms with Gasteiger partial charge < -0.3 is 11.1 Å². The van der Waals surface area contributed by atoms with Crippen LogP contribution in [-0.4, -0.2) is 10.9 Å². The maximum Gasteiger partial charge on any atom is 0.258 e. The fraction of sp³-hybridized carbons (Fsp3) is 0. The van der Waals surface area contributed by atoms with E-state index in [1.807, 2.05) is 0 Å². The molecule has 6 heteroatoms. The van der Waals surface area contributed by atoms with Gasteiger partial charge in [-0.1, -0.05) is 11.6 Å². The molecule has 18 heavy (non-hydrogen) atoms. The molecular formula is C12H9ClFN3O. The number of nitrogens with one attached hydrogen (secondary N) is 1. The van der Waals surface area contributed by atoms with E-state index < -0.39 is 11.7 Å². The second kappa shape index (κ2) is 5.01. The van der Waals surface area contributed by atoms with E-state index in [9.17, 15) is 9.18 Å². The predicted molar refractivity (Wildman–Crippen MR) is 68.0 cm³/mol. The lowest BCUT2D eigenvalue weighted by Gasteiger charge is -2.07. The number of rotatable bonds is 2. The van der Waals surface area contributed by atoms with Gasteiger partial charge in [0, 0.05) is 11.9 Å². The summed E-state index contributed by atoms with van der Waals surface area (Å²) in [5.74, 6) is -1.30. The molecule has 0 saturated carbocycles. The smallest absolute Gasteiger partial charge is 0.258 e. The zero-order valence-corrected chi connectivity index (χ0v) is 9.91. The largest absolute Gasteiger partial charge is 0.399 e. The Morgan fingerprint density at radius 1 is 1.39 bits per heavy atom. The topological polar surface area (TPSA) is 68.0 Å². The quantitative estimate of drug-likeness (QED) is 0.648. The van der Waals surface area contributed by atoms with Crippen LogP contribution in [0.25, 0.3) is 0 Å². The third kappa shape index (κ3) is 2.57. The van der Waals surface area contributed by atoms with Crippen LogP contribution in [0.2, 0.25) is 5.15 Å². The molecular weight excluding hydrogens is 257 g/mol. The number of carbonyl (C=O) groups excluding carboxylic acids is 1. The van der Waals surface area contributed by atoms with Crippen molar-refractivity contribution in [2.24, 2.45) is 0 Å². The number of benzene rings is 1. The molecule has 3 N–H and O–H groups in total. The highest BCUT2D eigenvalue weighted by molar-refractivity contribution is 6.32. The number of pyridine rings is 1. The number of halogens is 2. The Morgan fingerprint density at radius 3 is 2.83 bits per heavy atom. The standard InChI is InChI=1S/C12H9ClFN3O/c13-11-10(2-1-5-16-11)17-12(18)8-4-3-7(15)6-9(8)14/h1-6H,15H2,(H,17,18). The number of nitrogen functional groups attached to an aromatic ring is 1. The van der Waals surface area contributed by atoms with Gasteiger partial charge in [-0.3, -0.25) is 4.79 Å². The first-order valence-corrected chi connectivity index (χ1v) is 5.42. The molecule has 92 valence electrons. The maximum absolute atomic E-state index is 13.5. The zero-order valence-electron chi connectivity index (χ0n) is 9.15. The van der Waals surface area contributed by atoms with E-state index in [-0.39, 0.29) is 16.4 Å². The maximum atomic E-state index is 13.5. The normalized spacial score (nSPS) is 10.1. The zero-order chi connectivity index (χ0) is 13.1. The number of hydrogen-bond donors (Lipinski definition) is 2. The molecule has 0 spiro atoms. The first-order valence-electron chi connectivity index (χ1n) is 5.05. The number of amides is 1. The van der Waals surface area contributed by atoms with Crippen LogP contribution in [0.1, 0.15) is 10.4 Å². The van der Waals surface area contributed by atoms with Gasteiger partial charge >= 0.3 is 0 Å². The Hall–Kier alpha value is -2.14.